The van der Waals surface area contributed by atoms with E-state index in [1.807, 2.05) is 6.07 Å². The molecule has 0 radical (unpaired) electrons. The van der Waals surface area contributed by atoms with Crippen molar-refractivity contribution in [2.45, 2.75) is 25.8 Å². The van der Waals surface area contributed by atoms with Crippen LogP contribution in [0.2, 0.25) is 0 Å². The Kier molecular flexibility index (Phi) is 4.31. The summed E-state index contributed by atoms with van der Waals surface area (Å²) >= 11 is 0. The summed E-state index contributed by atoms with van der Waals surface area (Å²) in [6.45, 7) is 5.06. The van der Waals surface area contributed by atoms with Crippen molar-refractivity contribution < 1.29 is 4.39 Å². The van der Waals surface area contributed by atoms with E-state index in [1.54, 1.807) is 22.9 Å². The first-order valence-corrected chi connectivity index (χ1v) is 8.69. The van der Waals surface area contributed by atoms with Gasteiger partial charge in [-0.05, 0) is 44.5 Å². The number of hydrogen-bond donors (Lipinski definition) is 1. The van der Waals surface area contributed by atoms with E-state index in [-0.39, 0.29) is 5.82 Å². The topological polar surface area (TPSA) is 58.4 Å². The lowest BCUT2D eigenvalue weighted by Crippen LogP contribution is -2.46. The van der Waals surface area contributed by atoms with E-state index in [1.165, 1.54) is 18.7 Å². The van der Waals surface area contributed by atoms with Gasteiger partial charge in [0.25, 0.3) is 0 Å². The summed E-state index contributed by atoms with van der Waals surface area (Å²) in [5, 5.41) is 3.45. The van der Waals surface area contributed by atoms with E-state index in [0.717, 1.165) is 31.9 Å². The number of likely N-dealkylation sites (N-methyl/N-ethyl adjacent to an activating group) is 1. The van der Waals surface area contributed by atoms with Gasteiger partial charge < -0.3 is 10.2 Å². The number of fused-ring (bicyclic) bond motifs is 1. The molecular formula is C18H21FN6. The molecule has 1 atom stereocenters. The number of halogens is 1. The van der Waals surface area contributed by atoms with Gasteiger partial charge in [-0.1, -0.05) is 0 Å². The van der Waals surface area contributed by atoms with Crippen LogP contribution in [0.4, 0.5) is 10.2 Å². The number of piperidine rings is 1. The van der Waals surface area contributed by atoms with Crippen molar-refractivity contribution in [3.05, 3.63) is 42.6 Å². The number of nitrogens with zero attached hydrogens (tertiary/aromatic N) is 5. The fourth-order valence-corrected chi connectivity index (χ4v) is 3.46. The molecule has 1 N–H and O–H groups in total. The quantitative estimate of drug-likeness (QED) is 0.791. The molecule has 25 heavy (non-hydrogen) atoms. The SMILES string of the molecule is CCN(c1ccnc(-c2cnc3ccc(F)cn23)n1)C1CCCNC1. The summed E-state index contributed by atoms with van der Waals surface area (Å²) in [5.74, 6) is 1.14. The first-order chi connectivity index (χ1) is 12.3. The molecule has 0 amide bonds. The molecule has 0 spiro atoms. The van der Waals surface area contributed by atoms with E-state index in [2.05, 4.69) is 27.1 Å². The fraction of sp³-hybridized carbons (Fsp3) is 0.389. The lowest BCUT2D eigenvalue weighted by molar-refractivity contribution is 0.433. The summed E-state index contributed by atoms with van der Waals surface area (Å²) < 4.78 is 15.3. The molecule has 4 rings (SSSR count). The van der Waals surface area contributed by atoms with E-state index in [0.29, 0.717) is 23.2 Å². The lowest BCUT2D eigenvalue weighted by atomic mass is 10.1. The number of pyridine rings is 1. The third kappa shape index (κ3) is 3.07. The Labute approximate surface area is 145 Å². The van der Waals surface area contributed by atoms with Crippen LogP contribution in [0.1, 0.15) is 19.8 Å². The highest BCUT2D eigenvalue weighted by Crippen LogP contribution is 2.23. The summed E-state index contributed by atoms with van der Waals surface area (Å²) in [6, 6.07) is 5.42. The molecule has 0 aliphatic carbocycles. The van der Waals surface area contributed by atoms with Crippen LogP contribution in [0.3, 0.4) is 0 Å². The predicted octanol–water partition coefficient (Wildman–Crippen LogP) is 2.51. The van der Waals surface area contributed by atoms with Gasteiger partial charge in [0.1, 0.15) is 23.0 Å². The minimum atomic E-state index is -0.314. The summed E-state index contributed by atoms with van der Waals surface area (Å²) in [7, 11) is 0. The smallest absolute Gasteiger partial charge is 0.180 e. The molecular weight excluding hydrogens is 319 g/mol. The van der Waals surface area contributed by atoms with Crippen molar-refractivity contribution in [2.75, 3.05) is 24.5 Å². The lowest BCUT2D eigenvalue weighted by Gasteiger charge is -2.34. The number of hydrogen-bond acceptors (Lipinski definition) is 5. The fourth-order valence-electron chi connectivity index (χ4n) is 3.46. The van der Waals surface area contributed by atoms with E-state index in [4.69, 9.17) is 4.98 Å². The summed E-state index contributed by atoms with van der Waals surface area (Å²) in [5.41, 5.74) is 1.36. The highest BCUT2D eigenvalue weighted by atomic mass is 19.1. The zero-order valence-corrected chi connectivity index (χ0v) is 14.2. The molecule has 0 bridgehead atoms. The Bertz CT molecular complexity index is 871. The van der Waals surface area contributed by atoms with Crippen molar-refractivity contribution >= 4 is 11.5 Å². The van der Waals surface area contributed by atoms with E-state index < -0.39 is 0 Å². The second kappa shape index (κ2) is 6.76. The van der Waals surface area contributed by atoms with Crippen LogP contribution < -0.4 is 10.2 Å². The van der Waals surface area contributed by atoms with Crippen molar-refractivity contribution in [1.29, 1.82) is 0 Å². The second-order valence-corrected chi connectivity index (χ2v) is 6.24. The Morgan fingerprint density at radius 1 is 1.32 bits per heavy atom. The Hall–Kier alpha value is -2.54. The molecule has 1 unspecified atom stereocenters. The molecule has 4 heterocycles. The average molecular weight is 340 g/mol. The average Bonchev–Trinajstić information content (AvgIpc) is 3.06. The third-order valence-corrected chi connectivity index (χ3v) is 4.69. The van der Waals surface area contributed by atoms with Gasteiger partial charge in [-0.15, -0.1) is 0 Å². The molecule has 1 fully saturated rings. The molecule has 3 aromatic heterocycles. The monoisotopic (exact) mass is 340 g/mol. The van der Waals surface area contributed by atoms with Gasteiger partial charge in [-0.2, -0.15) is 0 Å². The van der Waals surface area contributed by atoms with Crippen molar-refractivity contribution in [2.24, 2.45) is 0 Å². The maximum absolute atomic E-state index is 13.6. The zero-order chi connectivity index (χ0) is 17.2. The Morgan fingerprint density at radius 3 is 3.04 bits per heavy atom. The highest BCUT2D eigenvalue weighted by Gasteiger charge is 2.21. The van der Waals surface area contributed by atoms with Crippen LogP contribution in [0.25, 0.3) is 17.2 Å². The zero-order valence-electron chi connectivity index (χ0n) is 14.2. The van der Waals surface area contributed by atoms with Gasteiger partial charge >= 0.3 is 0 Å². The van der Waals surface area contributed by atoms with Gasteiger partial charge in [0.15, 0.2) is 5.82 Å². The van der Waals surface area contributed by atoms with Crippen LogP contribution in [-0.4, -0.2) is 45.0 Å². The molecule has 6 nitrogen and oxygen atoms in total. The standard InChI is InChI=1S/C18H21FN6/c1-2-24(14-4-3-8-20-10-14)17-7-9-21-18(23-17)15-11-22-16-6-5-13(19)12-25(15)16/h5-7,9,11-12,14,20H,2-4,8,10H2,1H3. The normalized spacial score (nSPS) is 17.8. The Morgan fingerprint density at radius 2 is 2.24 bits per heavy atom. The molecule has 1 aliphatic rings. The molecule has 0 aromatic carbocycles. The molecule has 1 aliphatic heterocycles. The number of nitrogens with one attached hydrogen (secondary N) is 1. The second-order valence-electron chi connectivity index (χ2n) is 6.24. The van der Waals surface area contributed by atoms with E-state index in [9.17, 15) is 4.39 Å². The van der Waals surface area contributed by atoms with Crippen molar-refractivity contribution in [3.8, 4) is 11.5 Å². The van der Waals surface area contributed by atoms with Crippen LogP contribution in [0, 0.1) is 5.82 Å². The van der Waals surface area contributed by atoms with Crippen LogP contribution in [-0.2, 0) is 0 Å². The van der Waals surface area contributed by atoms with Gasteiger partial charge in [-0.25, -0.2) is 19.3 Å². The van der Waals surface area contributed by atoms with Gasteiger partial charge in [0.2, 0.25) is 0 Å². The van der Waals surface area contributed by atoms with Gasteiger partial charge in [0.05, 0.1) is 6.20 Å². The van der Waals surface area contributed by atoms with Crippen LogP contribution >= 0.6 is 0 Å². The third-order valence-electron chi connectivity index (χ3n) is 4.69. The molecule has 1 saturated heterocycles. The molecule has 7 heteroatoms. The number of aromatic nitrogens is 4. The predicted molar refractivity (Wildman–Crippen MR) is 95.1 cm³/mol. The van der Waals surface area contributed by atoms with Crippen molar-refractivity contribution in [1.82, 2.24) is 24.7 Å². The minimum absolute atomic E-state index is 0.314. The molecule has 0 saturated carbocycles. The van der Waals surface area contributed by atoms with Gasteiger partial charge in [-0.3, -0.25) is 4.40 Å². The molecule has 3 aromatic rings. The maximum atomic E-state index is 13.6. The van der Waals surface area contributed by atoms with Crippen LogP contribution in [0.15, 0.2) is 36.8 Å². The Balaban J connectivity index is 1.71. The highest BCUT2D eigenvalue weighted by molar-refractivity contribution is 5.58. The van der Waals surface area contributed by atoms with E-state index >= 15 is 0 Å². The first-order valence-electron chi connectivity index (χ1n) is 8.69. The largest absolute Gasteiger partial charge is 0.353 e. The summed E-state index contributed by atoms with van der Waals surface area (Å²) in [4.78, 5) is 15.8. The van der Waals surface area contributed by atoms with Gasteiger partial charge in [0, 0.05) is 31.5 Å². The minimum Gasteiger partial charge on any atom is -0.353 e. The molecule has 130 valence electrons. The van der Waals surface area contributed by atoms with Crippen LogP contribution in [0.5, 0.6) is 0 Å². The number of anilines is 1. The summed E-state index contributed by atoms with van der Waals surface area (Å²) in [6.07, 6.45) is 7.19. The number of rotatable bonds is 4. The maximum Gasteiger partial charge on any atom is 0.180 e. The van der Waals surface area contributed by atoms with Crippen molar-refractivity contribution in [3.63, 3.8) is 0 Å². The first kappa shape index (κ1) is 16.0. The number of imidazole rings is 1.